The summed E-state index contributed by atoms with van der Waals surface area (Å²) in [5, 5.41) is 4.23. The molecule has 0 radical (unpaired) electrons. The summed E-state index contributed by atoms with van der Waals surface area (Å²) >= 11 is 6.12. The van der Waals surface area contributed by atoms with E-state index in [2.05, 4.69) is 26.1 Å². The molecule has 1 heterocycles. The van der Waals surface area contributed by atoms with Crippen LogP contribution in [0.1, 0.15) is 39.2 Å². The van der Waals surface area contributed by atoms with Crippen LogP contribution >= 0.6 is 11.6 Å². The van der Waals surface area contributed by atoms with Crippen molar-refractivity contribution in [3.8, 4) is 5.75 Å². The molecule has 2 rings (SSSR count). The van der Waals surface area contributed by atoms with Crippen molar-refractivity contribution in [3.63, 3.8) is 0 Å². The van der Waals surface area contributed by atoms with Crippen LogP contribution in [0.3, 0.4) is 0 Å². The van der Waals surface area contributed by atoms with Crippen LogP contribution in [-0.4, -0.2) is 31.4 Å². The summed E-state index contributed by atoms with van der Waals surface area (Å²) in [6.45, 7) is 7.94. The Hall–Kier alpha value is -0.770. The SMILES string of the molecule is CCc1cc(OCC2CCC(CNC(C)C)O2)ccc1Cl. The van der Waals surface area contributed by atoms with Crippen molar-refractivity contribution in [1.29, 1.82) is 0 Å². The molecule has 1 aliphatic heterocycles. The normalized spacial score (nSPS) is 22.0. The third-order valence-corrected chi connectivity index (χ3v) is 4.15. The fourth-order valence-corrected chi connectivity index (χ4v) is 2.77. The van der Waals surface area contributed by atoms with Crippen LogP contribution in [0.15, 0.2) is 18.2 Å². The molecule has 4 heteroatoms. The van der Waals surface area contributed by atoms with Crippen LogP contribution < -0.4 is 10.1 Å². The van der Waals surface area contributed by atoms with E-state index in [4.69, 9.17) is 21.1 Å². The Labute approximate surface area is 133 Å². The second-order valence-corrected chi connectivity index (χ2v) is 6.35. The first-order chi connectivity index (χ1) is 10.1. The van der Waals surface area contributed by atoms with Crippen LogP contribution in [0.5, 0.6) is 5.75 Å². The lowest BCUT2D eigenvalue weighted by Crippen LogP contribution is -2.32. The van der Waals surface area contributed by atoms with E-state index in [-0.39, 0.29) is 6.10 Å². The Bertz CT molecular complexity index is 450. The lowest BCUT2D eigenvalue weighted by atomic mass is 10.1. The predicted molar refractivity (Wildman–Crippen MR) is 87.4 cm³/mol. The lowest BCUT2D eigenvalue weighted by molar-refractivity contribution is 0.0178. The van der Waals surface area contributed by atoms with Crippen LogP contribution in [0.4, 0.5) is 0 Å². The first-order valence-corrected chi connectivity index (χ1v) is 8.26. The second-order valence-electron chi connectivity index (χ2n) is 5.94. The molecule has 0 aromatic heterocycles. The molecule has 21 heavy (non-hydrogen) atoms. The number of ether oxygens (including phenoxy) is 2. The van der Waals surface area contributed by atoms with Gasteiger partial charge in [0.2, 0.25) is 0 Å². The molecule has 1 aromatic rings. The Morgan fingerprint density at radius 2 is 2.10 bits per heavy atom. The number of rotatable bonds is 7. The van der Waals surface area contributed by atoms with Crippen molar-refractivity contribution in [3.05, 3.63) is 28.8 Å². The maximum atomic E-state index is 6.12. The molecule has 1 N–H and O–H groups in total. The quantitative estimate of drug-likeness (QED) is 0.830. The number of hydrogen-bond acceptors (Lipinski definition) is 3. The fourth-order valence-electron chi connectivity index (χ4n) is 2.52. The van der Waals surface area contributed by atoms with Gasteiger partial charge in [0.05, 0.1) is 12.2 Å². The highest BCUT2D eigenvalue weighted by molar-refractivity contribution is 6.31. The predicted octanol–water partition coefficient (Wildman–Crippen LogP) is 3.83. The topological polar surface area (TPSA) is 30.5 Å². The lowest BCUT2D eigenvalue weighted by Gasteiger charge is -2.16. The monoisotopic (exact) mass is 311 g/mol. The van der Waals surface area contributed by atoms with Crippen LogP contribution in [0.2, 0.25) is 5.02 Å². The highest BCUT2D eigenvalue weighted by atomic mass is 35.5. The Kier molecular flexibility index (Phi) is 6.34. The van der Waals surface area contributed by atoms with Gasteiger partial charge in [0, 0.05) is 17.6 Å². The van der Waals surface area contributed by atoms with E-state index in [9.17, 15) is 0 Å². The maximum Gasteiger partial charge on any atom is 0.119 e. The average Bonchev–Trinajstić information content (AvgIpc) is 2.92. The van der Waals surface area contributed by atoms with Crippen molar-refractivity contribution in [2.45, 2.75) is 58.3 Å². The summed E-state index contributed by atoms with van der Waals surface area (Å²) in [5.41, 5.74) is 1.13. The number of halogens is 1. The molecular formula is C17H26ClNO2. The van der Waals surface area contributed by atoms with Gasteiger partial charge in [-0.15, -0.1) is 0 Å². The number of hydrogen-bond donors (Lipinski definition) is 1. The Morgan fingerprint density at radius 1 is 1.33 bits per heavy atom. The molecule has 0 bridgehead atoms. The molecule has 1 fully saturated rings. The summed E-state index contributed by atoms with van der Waals surface area (Å²) < 4.78 is 11.9. The molecule has 0 saturated carbocycles. The molecule has 0 spiro atoms. The third-order valence-electron chi connectivity index (χ3n) is 3.78. The highest BCUT2D eigenvalue weighted by Crippen LogP contribution is 2.24. The fraction of sp³-hybridized carbons (Fsp3) is 0.647. The van der Waals surface area contributed by atoms with Gasteiger partial charge in [0.15, 0.2) is 0 Å². The van der Waals surface area contributed by atoms with Gasteiger partial charge < -0.3 is 14.8 Å². The smallest absolute Gasteiger partial charge is 0.119 e. The Balaban J connectivity index is 1.76. The minimum absolute atomic E-state index is 0.199. The molecule has 0 aliphatic carbocycles. The third kappa shape index (κ3) is 5.17. The van der Waals surface area contributed by atoms with E-state index < -0.39 is 0 Å². The van der Waals surface area contributed by atoms with Crippen molar-refractivity contribution in [2.75, 3.05) is 13.2 Å². The maximum absolute atomic E-state index is 6.12. The van der Waals surface area contributed by atoms with E-state index >= 15 is 0 Å². The zero-order chi connectivity index (χ0) is 15.2. The standard InChI is InChI=1S/C17H26ClNO2/c1-4-13-9-14(7-8-17(13)18)20-11-16-6-5-15(21-16)10-19-12(2)3/h7-9,12,15-16,19H,4-6,10-11H2,1-3H3. The molecule has 2 unspecified atom stereocenters. The number of aryl methyl sites for hydroxylation is 1. The minimum Gasteiger partial charge on any atom is -0.491 e. The molecule has 0 amide bonds. The van der Waals surface area contributed by atoms with Crippen molar-refractivity contribution in [1.82, 2.24) is 5.32 Å². The van der Waals surface area contributed by atoms with Crippen molar-refractivity contribution < 1.29 is 9.47 Å². The Morgan fingerprint density at radius 3 is 2.81 bits per heavy atom. The van der Waals surface area contributed by atoms with E-state index in [1.165, 1.54) is 0 Å². The van der Waals surface area contributed by atoms with E-state index in [1.54, 1.807) is 0 Å². The van der Waals surface area contributed by atoms with Crippen LogP contribution in [0, 0.1) is 0 Å². The van der Waals surface area contributed by atoms with Crippen molar-refractivity contribution in [2.24, 2.45) is 0 Å². The van der Waals surface area contributed by atoms with Gasteiger partial charge in [-0.3, -0.25) is 0 Å². The number of benzene rings is 1. The van der Waals surface area contributed by atoms with E-state index in [0.29, 0.717) is 18.8 Å². The zero-order valence-electron chi connectivity index (χ0n) is 13.2. The van der Waals surface area contributed by atoms with Crippen LogP contribution in [-0.2, 0) is 11.2 Å². The second kappa shape index (κ2) is 8.02. The first-order valence-electron chi connectivity index (χ1n) is 7.88. The van der Waals surface area contributed by atoms with Gasteiger partial charge >= 0.3 is 0 Å². The minimum atomic E-state index is 0.199. The molecular weight excluding hydrogens is 286 g/mol. The van der Waals surface area contributed by atoms with Gasteiger partial charge in [-0.05, 0) is 43.0 Å². The molecule has 1 saturated heterocycles. The summed E-state index contributed by atoms with van der Waals surface area (Å²) in [4.78, 5) is 0. The summed E-state index contributed by atoms with van der Waals surface area (Å²) in [6, 6.07) is 6.36. The number of nitrogens with one attached hydrogen (secondary N) is 1. The van der Waals surface area contributed by atoms with Crippen LogP contribution in [0.25, 0.3) is 0 Å². The van der Waals surface area contributed by atoms with Gasteiger partial charge in [0.1, 0.15) is 12.4 Å². The molecule has 1 aliphatic rings. The van der Waals surface area contributed by atoms with Gasteiger partial charge in [-0.25, -0.2) is 0 Å². The molecule has 1 aromatic carbocycles. The summed E-state index contributed by atoms with van der Waals surface area (Å²) in [6.07, 6.45) is 3.61. The van der Waals surface area contributed by atoms with Crippen molar-refractivity contribution >= 4 is 11.6 Å². The molecule has 2 atom stereocenters. The van der Waals surface area contributed by atoms with Gasteiger partial charge in [0.25, 0.3) is 0 Å². The summed E-state index contributed by atoms with van der Waals surface area (Å²) in [7, 11) is 0. The van der Waals surface area contributed by atoms with Gasteiger partial charge in [-0.2, -0.15) is 0 Å². The molecule has 118 valence electrons. The zero-order valence-corrected chi connectivity index (χ0v) is 14.0. The average molecular weight is 312 g/mol. The first kappa shape index (κ1) is 16.6. The molecule has 3 nitrogen and oxygen atoms in total. The summed E-state index contributed by atoms with van der Waals surface area (Å²) in [5.74, 6) is 0.878. The largest absolute Gasteiger partial charge is 0.491 e. The van der Waals surface area contributed by atoms with E-state index in [1.807, 2.05) is 18.2 Å². The van der Waals surface area contributed by atoms with Gasteiger partial charge in [-0.1, -0.05) is 32.4 Å². The van der Waals surface area contributed by atoms with E-state index in [0.717, 1.165) is 42.1 Å². The highest BCUT2D eigenvalue weighted by Gasteiger charge is 2.25.